The van der Waals surface area contributed by atoms with Crippen molar-refractivity contribution in [1.29, 1.82) is 0 Å². The Hall–Kier alpha value is -0.300. The number of allylic oxidation sites excluding steroid dienone is 1. The van der Waals surface area contributed by atoms with Crippen LogP contribution in [0.5, 0.6) is 0 Å². The van der Waals surface area contributed by atoms with Crippen LogP contribution in [0.4, 0.5) is 0 Å². The largest absolute Gasteiger partial charge is 0.390 e. The van der Waals surface area contributed by atoms with Crippen LogP contribution in [0.1, 0.15) is 79.6 Å². The molecule has 2 saturated carbocycles. The fraction of sp³-hybridized carbons (Fsp3) is 0.900. The van der Waals surface area contributed by atoms with E-state index in [1.165, 1.54) is 25.7 Å². The number of hydrogen-bond acceptors (Lipinski definition) is 1. The lowest BCUT2D eigenvalue weighted by Gasteiger charge is -2.61. The van der Waals surface area contributed by atoms with E-state index in [1.54, 1.807) is 0 Å². The Morgan fingerprint density at radius 1 is 1.19 bits per heavy atom. The molecule has 0 aromatic carbocycles. The molecule has 2 rings (SSSR count). The first kappa shape index (κ1) is 17.1. The summed E-state index contributed by atoms with van der Waals surface area (Å²) in [6.07, 6.45) is 10.5. The van der Waals surface area contributed by atoms with Gasteiger partial charge in [-0.05, 0) is 74.0 Å². The Morgan fingerprint density at radius 3 is 2.48 bits per heavy atom. The van der Waals surface area contributed by atoms with Crippen molar-refractivity contribution in [3.63, 3.8) is 0 Å². The summed E-state index contributed by atoms with van der Waals surface area (Å²) in [6, 6.07) is 0. The molecule has 5 atom stereocenters. The Bertz CT molecular complexity index is 381. The van der Waals surface area contributed by atoms with Crippen molar-refractivity contribution in [3.8, 4) is 0 Å². The van der Waals surface area contributed by atoms with Crippen LogP contribution in [0.2, 0.25) is 0 Å². The SMILES string of the molecule is C=C[C@@H](C)CC[C@H]1[C@]2(C)CCCC(C)(C)[C@H]2CC[C@@]1(C)O. The zero-order chi connectivity index (χ0) is 15.9. The summed E-state index contributed by atoms with van der Waals surface area (Å²) in [4.78, 5) is 0. The second-order valence-electron chi connectivity index (χ2n) is 9.14. The lowest BCUT2D eigenvalue weighted by molar-refractivity contribution is -0.169. The third-order valence-electron chi connectivity index (χ3n) is 7.07. The van der Waals surface area contributed by atoms with Crippen LogP contribution in [0.15, 0.2) is 12.7 Å². The van der Waals surface area contributed by atoms with Crippen LogP contribution in [-0.4, -0.2) is 10.7 Å². The van der Waals surface area contributed by atoms with Gasteiger partial charge in [0.05, 0.1) is 5.60 Å². The Balaban J connectivity index is 2.26. The maximum atomic E-state index is 11.1. The molecule has 1 heteroatoms. The predicted octanol–water partition coefficient (Wildman–Crippen LogP) is 5.58. The van der Waals surface area contributed by atoms with Crippen molar-refractivity contribution >= 4 is 0 Å². The van der Waals surface area contributed by atoms with Gasteiger partial charge in [0.15, 0.2) is 0 Å². The third-order valence-corrected chi connectivity index (χ3v) is 7.07. The average molecular weight is 293 g/mol. The summed E-state index contributed by atoms with van der Waals surface area (Å²) >= 11 is 0. The van der Waals surface area contributed by atoms with Crippen molar-refractivity contribution in [3.05, 3.63) is 12.7 Å². The zero-order valence-corrected chi connectivity index (χ0v) is 14.9. The monoisotopic (exact) mass is 292 g/mol. The third kappa shape index (κ3) is 3.09. The molecule has 0 amide bonds. The maximum absolute atomic E-state index is 11.1. The van der Waals surface area contributed by atoms with E-state index in [2.05, 4.69) is 47.3 Å². The molecule has 0 unspecified atom stereocenters. The molecular weight excluding hydrogens is 256 g/mol. The summed E-state index contributed by atoms with van der Waals surface area (Å²) in [5, 5.41) is 11.1. The summed E-state index contributed by atoms with van der Waals surface area (Å²) in [5.41, 5.74) is 0.260. The van der Waals surface area contributed by atoms with E-state index in [1.807, 2.05) is 0 Å². The van der Waals surface area contributed by atoms with Gasteiger partial charge in [0.1, 0.15) is 0 Å². The maximum Gasteiger partial charge on any atom is 0.0653 e. The van der Waals surface area contributed by atoms with Gasteiger partial charge < -0.3 is 5.11 Å². The summed E-state index contributed by atoms with van der Waals surface area (Å²) in [5.74, 6) is 1.76. The van der Waals surface area contributed by atoms with Gasteiger partial charge in [-0.1, -0.05) is 40.2 Å². The molecule has 0 saturated heterocycles. The fourth-order valence-electron chi connectivity index (χ4n) is 5.81. The van der Waals surface area contributed by atoms with Gasteiger partial charge in [-0.15, -0.1) is 6.58 Å². The predicted molar refractivity (Wildman–Crippen MR) is 91.2 cm³/mol. The topological polar surface area (TPSA) is 20.2 Å². The van der Waals surface area contributed by atoms with Crippen LogP contribution in [0.3, 0.4) is 0 Å². The fourth-order valence-corrected chi connectivity index (χ4v) is 5.81. The first-order valence-electron chi connectivity index (χ1n) is 8.98. The molecule has 1 nitrogen and oxygen atoms in total. The van der Waals surface area contributed by atoms with E-state index in [-0.39, 0.29) is 0 Å². The first-order chi connectivity index (χ1) is 9.63. The van der Waals surface area contributed by atoms with Crippen LogP contribution in [0.25, 0.3) is 0 Å². The first-order valence-corrected chi connectivity index (χ1v) is 8.98. The molecule has 0 aromatic heterocycles. The molecule has 2 aliphatic carbocycles. The van der Waals surface area contributed by atoms with Crippen LogP contribution in [-0.2, 0) is 0 Å². The van der Waals surface area contributed by atoms with Gasteiger partial charge >= 0.3 is 0 Å². The molecule has 21 heavy (non-hydrogen) atoms. The lowest BCUT2D eigenvalue weighted by atomic mass is 9.45. The minimum Gasteiger partial charge on any atom is -0.390 e. The van der Waals surface area contributed by atoms with Gasteiger partial charge in [-0.25, -0.2) is 0 Å². The van der Waals surface area contributed by atoms with Crippen LogP contribution >= 0.6 is 0 Å². The molecule has 0 spiro atoms. The van der Waals surface area contributed by atoms with Crippen molar-refractivity contribution in [2.75, 3.05) is 0 Å². The van der Waals surface area contributed by atoms with Gasteiger partial charge in [0.2, 0.25) is 0 Å². The highest BCUT2D eigenvalue weighted by Gasteiger charge is 2.57. The molecule has 0 heterocycles. The van der Waals surface area contributed by atoms with Gasteiger partial charge in [0, 0.05) is 0 Å². The van der Waals surface area contributed by atoms with Crippen molar-refractivity contribution in [2.45, 2.75) is 85.2 Å². The van der Waals surface area contributed by atoms with E-state index in [0.29, 0.717) is 22.7 Å². The Kier molecular flexibility index (Phi) is 4.65. The smallest absolute Gasteiger partial charge is 0.0653 e. The summed E-state index contributed by atoms with van der Waals surface area (Å²) in [6.45, 7) is 15.7. The molecular formula is C20H36O. The standard InChI is InChI=1S/C20H36O/c1-7-15(2)9-10-17-19(5)13-8-12-18(3,4)16(19)11-14-20(17,6)21/h7,15-17,21H,1,8-14H2,2-6H3/t15-,16-,17+,19-,20-/m1/s1. The second kappa shape index (κ2) is 5.72. The molecule has 0 bridgehead atoms. The minimum atomic E-state index is -0.487. The molecule has 1 N–H and O–H groups in total. The highest BCUT2D eigenvalue weighted by molar-refractivity contribution is 5.07. The van der Waals surface area contributed by atoms with E-state index < -0.39 is 5.60 Å². The average Bonchev–Trinajstić information content (AvgIpc) is 2.35. The van der Waals surface area contributed by atoms with E-state index in [9.17, 15) is 5.11 Å². The molecule has 0 radical (unpaired) electrons. The number of aliphatic hydroxyl groups is 1. The van der Waals surface area contributed by atoms with E-state index >= 15 is 0 Å². The normalized spacial score (nSPS) is 43.9. The molecule has 2 fully saturated rings. The second-order valence-corrected chi connectivity index (χ2v) is 9.14. The molecule has 0 aliphatic heterocycles. The Morgan fingerprint density at radius 2 is 1.86 bits per heavy atom. The van der Waals surface area contributed by atoms with Crippen molar-refractivity contribution in [2.24, 2.45) is 28.6 Å². The zero-order valence-electron chi connectivity index (χ0n) is 14.9. The summed E-state index contributed by atoms with van der Waals surface area (Å²) < 4.78 is 0. The number of rotatable bonds is 4. The highest BCUT2D eigenvalue weighted by Crippen LogP contribution is 2.62. The quantitative estimate of drug-likeness (QED) is 0.670. The minimum absolute atomic E-state index is 0.310. The molecule has 122 valence electrons. The van der Waals surface area contributed by atoms with Crippen LogP contribution < -0.4 is 0 Å². The number of fused-ring (bicyclic) bond motifs is 1. The molecule has 2 aliphatic rings. The molecule has 0 aromatic rings. The Labute approximate surface area is 132 Å². The van der Waals surface area contributed by atoms with Gasteiger partial charge in [-0.2, -0.15) is 0 Å². The summed E-state index contributed by atoms with van der Waals surface area (Å²) in [7, 11) is 0. The van der Waals surface area contributed by atoms with Gasteiger partial charge in [0.25, 0.3) is 0 Å². The van der Waals surface area contributed by atoms with Crippen molar-refractivity contribution < 1.29 is 5.11 Å². The number of hydrogen-bond donors (Lipinski definition) is 1. The van der Waals surface area contributed by atoms with E-state index in [0.717, 1.165) is 25.2 Å². The van der Waals surface area contributed by atoms with E-state index in [4.69, 9.17) is 0 Å². The lowest BCUT2D eigenvalue weighted by Crippen LogP contribution is -2.57. The van der Waals surface area contributed by atoms with Crippen molar-refractivity contribution in [1.82, 2.24) is 0 Å². The van der Waals surface area contributed by atoms with Crippen LogP contribution in [0, 0.1) is 28.6 Å². The highest BCUT2D eigenvalue weighted by atomic mass is 16.3. The van der Waals surface area contributed by atoms with Gasteiger partial charge in [-0.3, -0.25) is 0 Å².